The third kappa shape index (κ3) is 4.48. The number of benzene rings is 1. The Bertz CT molecular complexity index is 1260. The van der Waals surface area contributed by atoms with E-state index in [-0.39, 0.29) is 18.3 Å². The molecule has 0 atom stereocenters. The zero-order chi connectivity index (χ0) is 22.0. The van der Waals surface area contributed by atoms with Crippen molar-refractivity contribution >= 4 is 61.5 Å². The van der Waals surface area contributed by atoms with Crippen molar-refractivity contribution in [1.29, 1.82) is 0 Å². The molecule has 4 rings (SSSR count). The van der Waals surface area contributed by atoms with Gasteiger partial charge in [0.15, 0.2) is 16.1 Å². The summed E-state index contributed by atoms with van der Waals surface area (Å²) in [5.41, 5.74) is 1.56. The molecule has 160 valence electrons. The van der Waals surface area contributed by atoms with E-state index in [9.17, 15) is 9.59 Å². The molecule has 0 unspecified atom stereocenters. The molecule has 8 nitrogen and oxygen atoms in total. The summed E-state index contributed by atoms with van der Waals surface area (Å²) in [6.45, 7) is 3.74. The summed E-state index contributed by atoms with van der Waals surface area (Å²) in [4.78, 5) is 28.9. The number of aromatic nitrogens is 4. The Morgan fingerprint density at radius 1 is 1.26 bits per heavy atom. The molecule has 0 saturated carbocycles. The lowest BCUT2D eigenvalue weighted by atomic mass is 10.2. The highest BCUT2D eigenvalue weighted by molar-refractivity contribution is 7.99. The number of hydrogen-bond acceptors (Lipinski definition) is 9. The minimum atomic E-state index is -0.431. The summed E-state index contributed by atoms with van der Waals surface area (Å²) >= 11 is 4.06. The van der Waals surface area contributed by atoms with E-state index in [0.29, 0.717) is 20.9 Å². The molecule has 0 aliphatic heterocycles. The molecule has 31 heavy (non-hydrogen) atoms. The second-order valence-corrected chi connectivity index (χ2v) is 9.35. The maximum absolute atomic E-state index is 12.4. The molecule has 3 aromatic heterocycles. The summed E-state index contributed by atoms with van der Waals surface area (Å²) in [5.74, 6) is 0.235. The van der Waals surface area contributed by atoms with E-state index in [2.05, 4.69) is 38.0 Å². The van der Waals surface area contributed by atoms with Gasteiger partial charge in [-0.3, -0.25) is 4.79 Å². The quantitative estimate of drug-likeness (QED) is 0.314. The van der Waals surface area contributed by atoms with Crippen LogP contribution in [0.3, 0.4) is 0 Å². The van der Waals surface area contributed by atoms with E-state index >= 15 is 0 Å². The average Bonchev–Trinajstić information content (AvgIpc) is 3.43. The van der Waals surface area contributed by atoms with Crippen LogP contribution in [0.2, 0.25) is 0 Å². The summed E-state index contributed by atoms with van der Waals surface area (Å²) < 4.78 is 8.08. The van der Waals surface area contributed by atoms with Crippen molar-refractivity contribution in [2.75, 3.05) is 17.7 Å². The fraction of sp³-hybridized carbons (Fsp3) is 0.250. The van der Waals surface area contributed by atoms with Crippen molar-refractivity contribution in [2.24, 2.45) is 7.05 Å². The number of fused-ring (bicyclic) bond motifs is 1. The minimum Gasteiger partial charge on any atom is -0.462 e. The zero-order valence-corrected chi connectivity index (χ0v) is 19.5. The van der Waals surface area contributed by atoms with Gasteiger partial charge in [-0.1, -0.05) is 41.3 Å². The number of esters is 1. The summed E-state index contributed by atoms with van der Waals surface area (Å²) in [6.07, 6.45) is 0. The Morgan fingerprint density at radius 2 is 2.06 bits per heavy atom. The third-order valence-corrected chi connectivity index (χ3v) is 7.43. The molecule has 0 radical (unpaired) electrons. The summed E-state index contributed by atoms with van der Waals surface area (Å²) in [7, 11) is 1.89. The van der Waals surface area contributed by atoms with Crippen molar-refractivity contribution in [3.05, 3.63) is 40.2 Å². The molecule has 3 heterocycles. The molecular weight excluding hydrogens is 454 g/mol. The Morgan fingerprint density at radius 3 is 2.87 bits per heavy atom. The number of hydrogen-bond donors (Lipinski definition) is 1. The molecule has 0 spiro atoms. The second-order valence-electron chi connectivity index (χ2n) is 6.50. The van der Waals surface area contributed by atoms with E-state index in [0.717, 1.165) is 28.1 Å². The van der Waals surface area contributed by atoms with Gasteiger partial charge in [0.1, 0.15) is 4.88 Å². The number of nitrogens with one attached hydrogen (secondary N) is 1. The Kier molecular flexibility index (Phi) is 6.35. The number of ether oxygens (including phenoxy) is 1. The van der Waals surface area contributed by atoms with Crippen LogP contribution in [-0.4, -0.2) is 44.0 Å². The number of thiophene rings is 1. The van der Waals surface area contributed by atoms with Crippen molar-refractivity contribution in [3.8, 4) is 11.4 Å². The van der Waals surface area contributed by atoms with E-state index in [1.165, 1.54) is 16.5 Å². The predicted octanol–water partition coefficient (Wildman–Crippen LogP) is 4.37. The molecular formula is C20H19N5O3S3. The molecule has 0 aliphatic rings. The van der Waals surface area contributed by atoms with Crippen LogP contribution >= 0.6 is 34.4 Å². The smallest absolute Gasteiger partial charge is 0.350 e. The predicted molar refractivity (Wildman–Crippen MR) is 124 cm³/mol. The molecule has 0 bridgehead atoms. The lowest BCUT2D eigenvalue weighted by Gasteiger charge is -2.04. The largest absolute Gasteiger partial charge is 0.462 e. The van der Waals surface area contributed by atoms with E-state index in [4.69, 9.17) is 4.74 Å². The first kappa shape index (κ1) is 21.5. The molecule has 0 fully saturated rings. The van der Waals surface area contributed by atoms with Crippen LogP contribution < -0.4 is 5.32 Å². The van der Waals surface area contributed by atoms with Crippen molar-refractivity contribution in [2.45, 2.75) is 19.0 Å². The number of aryl methyl sites for hydroxylation is 1. The number of nitrogens with zero attached hydrogens (tertiary/aromatic N) is 4. The minimum absolute atomic E-state index is 0.143. The maximum Gasteiger partial charge on any atom is 0.350 e. The van der Waals surface area contributed by atoms with E-state index in [1.807, 2.05) is 23.7 Å². The molecule has 11 heteroatoms. The van der Waals surface area contributed by atoms with Gasteiger partial charge in [0.25, 0.3) is 0 Å². The van der Waals surface area contributed by atoms with Gasteiger partial charge in [-0.05, 0) is 19.9 Å². The van der Waals surface area contributed by atoms with Crippen LogP contribution in [0.25, 0.3) is 21.5 Å². The van der Waals surface area contributed by atoms with Crippen LogP contribution in [0.1, 0.15) is 22.3 Å². The van der Waals surface area contributed by atoms with Crippen LogP contribution in [0.5, 0.6) is 0 Å². The number of carbonyl (C=O) groups excluding carboxylic acids is 2. The normalized spacial score (nSPS) is 11.1. The van der Waals surface area contributed by atoms with E-state index < -0.39 is 5.97 Å². The van der Waals surface area contributed by atoms with Gasteiger partial charge in [0.2, 0.25) is 5.91 Å². The van der Waals surface area contributed by atoms with Gasteiger partial charge >= 0.3 is 5.97 Å². The highest BCUT2D eigenvalue weighted by atomic mass is 32.2. The first-order chi connectivity index (χ1) is 15.0. The molecule has 0 saturated heterocycles. The fourth-order valence-electron chi connectivity index (χ4n) is 2.95. The first-order valence-corrected chi connectivity index (χ1v) is 12.1. The third-order valence-electron chi connectivity index (χ3n) is 4.39. The molecule has 4 aromatic rings. The van der Waals surface area contributed by atoms with Crippen molar-refractivity contribution in [3.63, 3.8) is 0 Å². The van der Waals surface area contributed by atoms with Crippen LogP contribution in [0.15, 0.2) is 34.8 Å². The topological polar surface area (TPSA) is 99.0 Å². The number of amides is 1. The van der Waals surface area contributed by atoms with Crippen LogP contribution in [-0.2, 0) is 16.6 Å². The summed E-state index contributed by atoms with van der Waals surface area (Å²) in [6, 6.07) is 8.16. The van der Waals surface area contributed by atoms with Gasteiger partial charge in [-0.2, -0.15) is 0 Å². The van der Waals surface area contributed by atoms with Gasteiger partial charge in [-0.25, -0.2) is 9.78 Å². The lowest BCUT2D eigenvalue weighted by Crippen LogP contribution is -2.14. The number of anilines is 1. The Hall–Kier alpha value is -2.76. The molecule has 1 N–H and O–H groups in total. The Labute approximate surface area is 190 Å². The maximum atomic E-state index is 12.4. The van der Waals surface area contributed by atoms with E-state index in [1.54, 1.807) is 25.2 Å². The number of thiazole rings is 1. The average molecular weight is 474 g/mol. The van der Waals surface area contributed by atoms with Crippen LogP contribution in [0, 0.1) is 6.92 Å². The number of rotatable bonds is 7. The standard InChI is InChI=1S/C20H19N5O3S3/c1-4-28-18(27)16-11(2)21-19(31-16)22-15(26)10-30-20-24-23-17(25(20)3)13-9-29-14-8-6-5-7-12(13)14/h5-9H,4,10H2,1-3H3,(H,21,22,26). The second kappa shape index (κ2) is 9.16. The molecule has 1 amide bonds. The number of thioether (sulfide) groups is 1. The number of carbonyl (C=O) groups is 2. The van der Waals surface area contributed by atoms with Gasteiger partial charge in [0.05, 0.1) is 18.1 Å². The highest BCUT2D eigenvalue weighted by Gasteiger charge is 2.19. The summed E-state index contributed by atoms with van der Waals surface area (Å²) in [5, 5.41) is 15.5. The van der Waals surface area contributed by atoms with Crippen molar-refractivity contribution in [1.82, 2.24) is 19.7 Å². The fourth-order valence-corrected chi connectivity index (χ4v) is 5.47. The first-order valence-electron chi connectivity index (χ1n) is 9.41. The Balaban J connectivity index is 1.42. The highest BCUT2D eigenvalue weighted by Crippen LogP contribution is 2.33. The van der Waals surface area contributed by atoms with Crippen LogP contribution in [0.4, 0.5) is 5.13 Å². The zero-order valence-electron chi connectivity index (χ0n) is 17.0. The van der Waals surface area contributed by atoms with Gasteiger partial charge < -0.3 is 14.6 Å². The SMILES string of the molecule is CCOC(=O)c1sc(NC(=O)CSc2nnc(-c3csc4ccccc34)n2C)nc1C. The monoisotopic (exact) mass is 473 g/mol. The lowest BCUT2D eigenvalue weighted by molar-refractivity contribution is -0.113. The van der Waals surface area contributed by atoms with Crippen molar-refractivity contribution < 1.29 is 14.3 Å². The molecule has 1 aromatic carbocycles. The van der Waals surface area contributed by atoms with Gasteiger partial charge in [0, 0.05) is 28.1 Å². The molecule has 0 aliphatic carbocycles. The van der Waals surface area contributed by atoms with Gasteiger partial charge in [-0.15, -0.1) is 21.5 Å².